The van der Waals surface area contributed by atoms with Crippen LogP contribution < -0.4 is 11.1 Å². The Bertz CT molecular complexity index is 601. The second kappa shape index (κ2) is 7.14. The van der Waals surface area contributed by atoms with Crippen LogP contribution in [0.4, 0.5) is 5.69 Å². The summed E-state index contributed by atoms with van der Waals surface area (Å²) in [5.41, 5.74) is 7.02. The molecule has 1 amide bonds. The first kappa shape index (κ1) is 15.4. The molecule has 1 unspecified atom stereocenters. The van der Waals surface area contributed by atoms with Crippen LogP contribution >= 0.6 is 11.6 Å². The van der Waals surface area contributed by atoms with Crippen LogP contribution in [0.1, 0.15) is 26.2 Å². The number of nitrogens with zero attached hydrogens (tertiary/aromatic N) is 4. The molecule has 0 aliphatic rings. The molecule has 0 saturated heterocycles. The molecule has 0 bridgehead atoms. The standard InChI is InChI=1S/C13H17ClN6O/c1-2-3-4-11(15)13(21)17-12-7-9(5-6-10(12)14)20-8-16-18-19-20/h5-8,11H,2-4,15H2,1H3,(H,17,21). The van der Waals surface area contributed by atoms with Gasteiger partial charge in [0, 0.05) is 0 Å². The molecule has 2 aromatic rings. The van der Waals surface area contributed by atoms with Gasteiger partial charge < -0.3 is 11.1 Å². The zero-order valence-electron chi connectivity index (χ0n) is 11.7. The Hall–Kier alpha value is -1.99. The van der Waals surface area contributed by atoms with Gasteiger partial charge in [0.15, 0.2) is 0 Å². The zero-order valence-corrected chi connectivity index (χ0v) is 12.4. The summed E-state index contributed by atoms with van der Waals surface area (Å²) in [6.45, 7) is 2.05. The Morgan fingerprint density at radius 2 is 2.33 bits per heavy atom. The van der Waals surface area contributed by atoms with Crippen molar-refractivity contribution in [3.05, 3.63) is 29.5 Å². The van der Waals surface area contributed by atoms with E-state index in [0.29, 0.717) is 22.8 Å². The van der Waals surface area contributed by atoms with Crippen molar-refractivity contribution in [3.8, 4) is 5.69 Å². The van der Waals surface area contributed by atoms with Gasteiger partial charge in [-0.25, -0.2) is 4.68 Å². The van der Waals surface area contributed by atoms with Crippen LogP contribution in [0.5, 0.6) is 0 Å². The average Bonchev–Trinajstić information content (AvgIpc) is 3.01. The molecule has 0 fully saturated rings. The predicted molar refractivity (Wildman–Crippen MR) is 80.3 cm³/mol. The van der Waals surface area contributed by atoms with Crippen LogP contribution in [0.3, 0.4) is 0 Å². The summed E-state index contributed by atoms with van der Waals surface area (Å²) in [7, 11) is 0. The van der Waals surface area contributed by atoms with Crippen LogP contribution in [0.2, 0.25) is 5.02 Å². The number of amides is 1. The van der Waals surface area contributed by atoms with Gasteiger partial charge in [0.2, 0.25) is 5.91 Å². The molecule has 3 N–H and O–H groups in total. The number of anilines is 1. The number of benzene rings is 1. The number of hydrogen-bond donors (Lipinski definition) is 2. The molecular weight excluding hydrogens is 292 g/mol. The van der Waals surface area contributed by atoms with Crippen LogP contribution in [-0.4, -0.2) is 32.2 Å². The van der Waals surface area contributed by atoms with Gasteiger partial charge in [-0.2, -0.15) is 0 Å². The smallest absolute Gasteiger partial charge is 0.241 e. The molecule has 0 spiro atoms. The van der Waals surface area contributed by atoms with Gasteiger partial charge in [0.1, 0.15) is 6.33 Å². The quantitative estimate of drug-likeness (QED) is 0.847. The summed E-state index contributed by atoms with van der Waals surface area (Å²) in [5.74, 6) is -0.251. The lowest BCUT2D eigenvalue weighted by molar-refractivity contribution is -0.117. The van der Waals surface area contributed by atoms with E-state index in [0.717, 1.165) is 12.8 Å². The third-order valence-corrected chi connectivity index (χ3v) is 3.36. The zero-order chi connectivity index (χ0) is 15.2. The SMILES string of the molecule is CCCCC(N)C(=O)Nc1cc(-n2cnnn2)ccc1Cl. The van der Waals surface area contributed by atoms with E-state index in [1.165, 1.54) is 11.0 Å². The summed E-state index contributed by atoms with van der Waals surface area (Å²) in [4.78, 5) is 12.0. The fourth-order valence-corrected chi connectivity index (χ4v) is 1.98. The first-order valence-electron chi connectivity index (χ1n) is 6.71. The minimum atomic E-state index is -0.544. The van der Waals surface area contributed by atoms with Crippen LogP contribution in [0.25, 0.3) is 5.69 Å². The Kier molecular flexibility index (Phi) is 5.24. The normalized spacial score (nSPS) is 12.1. The molecule has 0 saturated carbocycles. The lowest BCUT2D eigenvalue weighted by Crippen LogP contribution is -2.35. The van der Waals surface area contributed by atoms with Crippen LogP contribution in [-0.2, 0) is 4.79 Å². The lowest BCUT2D eigenvalue weighted by Gasteiger charge is -2.13. The molecule has 0 aliphatic carbocycles. The number of nitrogens with two attached hydrogens (primary N) is 1. The van der Waals surface area contributed by atoms with E-state index in [-0.39, 0.29) is 5.91 Å². The second-order valence-electron chi connectivity index (χ2n) is 4.66. The number of hydrogen-bond acceptors (Lipinski definition) is 5. The molecule has 0 radical (unpaired) electrons. The van der Waals surface area contributed by atoms with E-state index in [1.54, 1.807) is 18.2 Å². The van der Waals surface area contributed by atoms with Gasteiger partial charge in [-0.05, 0) is 35.0 Å². The molecule has 1 aromatic heterocycles. The number of carbonyl (C=O) groups excluding carboxylic acids is 1. The van der Waals surface area contributed by atoms with Crippen LogP contribution in [0.15, 0.2) is 24.5 Å². The third-order valence-electron chi connectivity index (χ3n) is 3.03. The molecule has 0 aliphatic heterocycles. The summed E-state index contributed by atoms with van der Waals surface area (Å²) in [6, 6.07) is 4.58. The predicted octanol–water partition coefficient (Wildman–Crippen LogP) is 1.77. The number of rotatable bonds is 6. The number of unbranched alkanes of at least 4 members (excludes halogenated alkanes) is 1. The van der Waals surface area contributed by atoms with Crippen molar-refractivity contribution in [2.24, 2.45) is 5.73 Å². The number of halogens is 1. The van der Waals surface area contributed by atoms with E-state index < -0.39 is 6.04 Å². The van der Waals surface area contributed by atoms with Gasteiger partial charge in [-0.1, -0.05) is 31.4 Å². The van der Waals surface area contributed by atoms with Crippen molar-refractivity contribution >= 4 is 23.2 Å². The maximum Gasteiger partial charge on any atom is 0.241 e. The lowest BCUT2D eigenvalue weighted by atomic mass is 10.1. The summed E-state index contributed by atoms with van der Waals surface area (Å²) in [5, 5.41) is 14.1. The maximum atomic E-state index is 12.0. The molecule has 8 heteroatoms. The van der Waals surface area contributed by atoms with Crippen molar-refractivity contribution in [2.45, 2.75) is 32.2 Å². The minimum Gasteiger partial charge on any atom is -0.323 e. The van der Waals surface area contributed by atoms with E-state index >= 15 is 0 Å². The van der Waals surface area contributed by atoms with Crippen molar-refractivity contribution in [3.63, 3.8) is 0 Å². The van der Waals surface area contributed by atoms with Crippen molar-refractivity contribution in [1.82, 2.24) is 20.2 Å². The monoisotopic (exact) mass is 308 g/mol. The largest absolute Gasteiger partial charge is 0.323 e. The van der Waals surface area contributed by atoms with Crippen LogP contribution in [0, 0.1) is 0 Å². The summed E-state index contributed by atoms with van der Waals surface area (Å²) in [6.07, 6.45) is 4.01. The van der Waals surface area contributed by atoms with Crippen molar-refractivity contribution < 1.29 is 4.79 Å². The maximum absolute atomic E-state index is 12.0. The molecule has 1 heterocycles. The number of aromatic nitrogens is 4. The Morgan fingerprint density at radius 3 is 3.00 bits per heavy atom. The van der Waals surface area contributed by atoms with Gasteiger partial charge >= 0.3 is 0 Å². The second-order valence-corrected chi connectivity index (χ2v) is 5.06. The van der Waals surface area contributed by atoms with Gasteiger partial charge in [0.05, 0.1) is 22.4 Å². The highest BCUT2D eigenvalue weighted by molar-refractivity contribution is 6.33. The highest BCUT2D eigenvalue weighted by Crippen LogP contribution is 2.24. The van der Waals surface area contributed by atoms with Crippen molar-refractivity contribution in [2.75, 3.05) is 5.32 Å². The highest BCUT2D eigenvalue weighted by atomic mass is 35.5. The minimum absolute atomic E-state index is 0.251. The molecular formula is C13H17ClN6O. The molecule has 2 rings (SSSR count). The fraction of sp³-hybridized carbons (Fsp3) is 0.385. The van der Waals surface area contributed by atoms with Gasteiger partial charge in [0.25, 0.3) is 0 Å². The number of carbonyl (C=O) groups is 1. The third kappa shape index (κ3) is 3.99. The molecule has 7 nitrogen and oxygen atoms in total. The van der Waals surface area contributed by atoms with Crippen molar-refractivity contribution in [1.29, 1.82) is 0 Å². The van der Waals surface area contributed by atoms with E-state index in [2.05, 4.69) is 27.8 Å². The average molecular weight is 309 g/mol. The van der Waals surface area contributed by atoms with E-state index in [1.807, 2.05) is 0 Å². The van der Waals surface area contributed by atoms with Gasteiger partial charge in [-0.3, -0.25) is 4.79 Å². The Balaban J connectivity index is 2.12. The summed E-state index contributed by atoms with van der Waals surface area (Å²) < 4.78 is 1.48. The van der Waals surface area contributed by atoms with Gasteiger partial charge in [-0.15, -0.1) is 5.10 Å². The highest BCUT2D eigenvalue weighted by Gasteiger charge is 2.15. The number of nitrogens with one attached hydrogen (secondary N) is 1. The molecule has 1 atom stereocenters. The number of tetrazole rings is 1. The molecule has 1 aromatic carbocycles. The Morgan fingerprint density at radius 1 is 1.52 bits per heavy atom. The van der Waals surface area contributed by atoms with E-state index in [9.17, 15) is 4.79 Å². The summed E-state index contributed by atoms with van der Waals surface area (Å²) >= 11 is 6.09. The fourth-order valence-electron chi connectivity index (χ4n) is 1.81. The first-order chi connectivity index (χ1) is 10.1. The molecule has 112 valence electrons. The Labute approximate surface area is 127 Å². The topological polar surface area (TPSA) is 98.7 Å². The first-order valence-corrected chi connectivity index (χ1v) is 7.09. The van der Waals surface area contributed by atoms with E-state index in [4.69, 9.17) is 17.3 Å². The molecule has 21 heavy (non-hydrogen) atoms.